The first-order valence-electron chi connectivity index (χ1n) is 8.41. The molecule has 3 rings (SSSR count). The molecular weight excluding hydrogens is 393 g/mol. The summed E-state index contributed by atoms with van der Waals surface area (Å²) in [6.07, 6.45) is 3.85. The second-order valence-corrected chi connectivity index (χ2v) is 6.76. The van der Waals surface area contributed by atoms with Gasteiger partial charge in [0.05, 0.1) is 16.9 Å². The number of hydrogen-bond acceptors (Lipinski definition) is 5. The van der Waals surface area contributed by atoms with Crippen LogP contribution in [0, 0.1) is 5.92 Å². The molecule has 1 aromatic carbocycles. The van der Waals surface area contributed by atoms with Crippen LogP contribution in [0.3, 0.4) is 0 Å². The molecule has 0 unspecified atom stereocenters. The first-order valence-corrected chi connectivity index (χ1v) is 9.35. The lowest BCUT2D eigenvalue weighted by Gasteiger charge is -2.22. The van der Waals surface area contributed by atoms with E-state index in [0.29, 0.717) is 24.7 Å². The van der Waals surface area contributed by atoms with Crippen LogP contribution in [0.15, 0.2) is 35.2 Å². The molecule has 5 nitrogen and oxygen atoms in total. The van der Waals surface area contributed by atoms with E-state index in [2.05, 4.69) is 15.6 Å². The van der Waals surface area contributed by atoms with Crippen molar-refractivity contribution < 1.29 is 9.53 Å². The van der Waals surface area contributed by atoms with Crippen molar-refractivity contribution in [2.45, 2.75) is 32.3 Å². The summed E-state index contributed by atoms with van der Waals surface area (Å²) in [5, 5.41) is 8.30. The summed E-state index contributed by atoms with van der Waals surface area (Å²) in [6.45, 7) is 2.55. The van der Waals surface area contributed by atoms with Crippen molar-refractivity contribution in [3.63, 3.8) is 0 Å². The lowest BCUT2D eigenvalue weighted by molar-refractivity contribution is -0.116. The molecule has 0 radical (unpaired) electrons. The monoisotopic (exact) mass is 417 g/mol. The summed E-state index contributed by atoms with van der Waals surface area (Å²) in [4.78, 5) is 16.5. The molecule has 0 aliphatic carbocycles. The maximum Gasteiger partial charge on any atom is 0.224 e. The maximum absolute atomic E-state index is 12.2. The lowest BCUT2D eigenvalue weighted by atomic mass is 9.93. The fourth-order valence-corrected chi connectivity index (χ4v) is 3.42. The molecule has 1 aromatic heterocycles. The third-order valence-corrected chi connectivity index (χ3v) is 4.89. The quantitative estimate of drug-likeness (QED) is 0.705. The third-order valence-electron chi connectivity index (χ3n) is 4.26. The zero-order chi connectivity index (χ0) is 16.6. The molecule has 1 aliphatic rings. The van der Waals surface area contributed by atoms with Crippen molar-refractivity contribution in [2.24, 2.45) is 5.92 Å². The molecule has 1 amide bonds. The zero-order valence-corrected chi connectivity index (χ0v) is 16.9. The summed E-state index contributed by atoms with van der Waals surface area (Å²) < 4.78 is 5.80. The van der Waals surface area contributed by atoms with E-state index in [4.69, 9.17) is 4.74 Å². The summed E-state index contributed by atoms with van der Waals surface area (Å²) in [5.74, 6) is 1.40. The van der Waals surface area contributed by atoms with E-state index in [1.165, 1.54) is 12.8 Å². The van der Waals surface area contributed by atoms with Crippen molar-refractivity contribution in [2.75, 3.05) is 18.4 Å². The van der Waals surface area contributed by atoms with E-state index in [1.54, 1.807) is 16.8 Å². The Morgan fingerprint density at radius 1 is 1.27 bits per heavy atom. The van der Waals surface area contributed by atoms with Crippen molar-refractivity contribution in [3.05, 3.63) is 40.8 Å². The van der Waals surface area contributed by atoms with Gasteiger partial charge in [0, 0.05) is 11.8 Å². The van der Waals surface area contributed by atoms with Gasteiger partial charge in [-0.3, -0.25) is 4.79 Å². The number of carbonyl (C=O) groups excluding carboxylic acids is 1. The molecule has 0 atom stereocenters. The van der Waals surface area contributed by atoms with E-state index >= 15 is 0 Å². The van der Waals surface area contributed by atoms with Crippen LogP contribution in [-0.4, -0.2) is 24.0 Å². The fourth-order valence-electron chi connectivity index (χ4n) is 2.87. The van der Waals surface area contributed by atoms with Crippen molar-refractivity contribution in [1.82, 2.24) is 10.3 Å². The Morgan fingerprint density at radius 3 is 2.77 bits per heavy atom. The summed E-state index contributed by atoms with van der Waals surface area (Å²) in [5.41, 5.74) is 3.41. The molecular formula is C18H25Cl2N3O2S. The maximum atomic E-state index is 12.2. The SMILES string of the molecule is Cl.Cl.O=C(CCC1CCNCC1)Nc1ccccc1OCc1cscn1. The number of rotatable bonds is 7. The Hall–Kier alpha value is -1.34. The van der Waals surface area contributed by atoms with E-state index in [-0.39, 0.29) is 30.7 Å². The number of anilines is 1. The van der Waals surface area contributed by atoms with Crippen LogP contribution in [0.25, 0.3) is 0 Å². The van der Waals surface area contributed by atoms with Crippen molar-refractivity contribution in [3.8, 4) is 5.75 Å². The molecule has 0 saturated carbocycles. The van der Waals surface area contributed by atoms with E-state index in [9.17, 15) is 4.79 Å². The third kappa shape index (κ3) is 7.11. The van der Waals surface area contributed by atoms with Crippen LogP contribution in [0.1, 0.15) is 31.4 Å². The fraction of sp³-hybridized carbons (Fsp3) is 0.444. The highest BCUT2D eigenvalue weighted by molar-refractivity contribution is 7.07. The molecule has 1 fully saturated rings. The summed E-state index contributed by atoms with van der Waals surface area (Å²) >= 11 is 1.54. The molecule has 1 aliphatic heterocycles. The van der Waals surface area contributed by atoms with Gasteiger partial charge in [-0.1, -0.05) is 12.1 Å². The number of piperidine rings is 1. The van der Waals surface area contributed by atoms with Gasteiger partial charge in [-0.05, 0) is 50.4 Å². The predicted molar refractivity (Wildman–Crippen MR) is 111 cm³/mol. The Balaban J connectivity index is 0.00000169. The van der Waals surface area contributed by atoms with E-state index < -0.39 is 0 Å². The van der Waals surface area contributed by atoms with Crippen LogP contribution >= 0.6 is 36.2 Å². The molecule has 2 heterocycles. The second-order valence-electron chi connectivity index (χ2n) is 6.04. The largest absolute Gasteiger partial charge is 0.485 e. The van der Waals surface area contributed by atoms with E-state index in [0.717, 1.165) is 30.9 Å². The number of nitrogens with one attached hydrogen (secondary N) is 2. The predicted octanol–water partition coefficient (Wildman–Crippen LogP) is 4.28. The lowest BCUT2D eigenvalue weighted by Crippen LogP contribution is -2.28. The molecule has 1 saturated heterocycles. The van der Waals surface area contributed by atoms with Gasteiger partial charge >= 0.3 is 0 Å². The zero-order valence-electron chi connectivity index (χ0n) is 14.5. The Kier molecular flexibility index (Phi) is 10.6. The molecule has 8 heteroatoms. The Labute approximate surface area is 170 Å². The molecule has 26 heavy (non-hydrogen) atoms. The minimum Gasteiger partial charge on any atom is -0.485 e. The number of benzene rings is 1. The van der Waals surface area contributed by atoms with Gasteiger partial charge in [0.1, 0.15) is 12.4 Å². The molecule has 2 aromatic rings. The topological polar surface area (TPSA) is 63.2 Å². The van der Waals surface area contributed by atoms with Crippen LogP contribution in [0.5, 0.6) is 5.75 Å². The van der Waals surface area contributed by atoms with Crippen molar-refractivity contribution >= 4 is 47.7 Å². The minimum atomic E-state index is 0. The van der Waals surface area contributed by atoms with E-state index in [1.807, 2.05) is 29.6 Å². The van der Waals surface area contributed by atoms with Gasteiger partial charge in [0.25, 0.3) is 0 Å². The van der Waals surface area contributed by atoms with Gasteiger partial charge in [-0.15, -0.1) is 36.2 Å². The number of halogens is 2. The Morgan fingerprint density at radius 2 is 2.04 bits per heavy atom. The summed E-state index contributed by atoms with van der Waals surface area (Å²) in [6, 6.07) is 7.55. The number of amides is 1. The number of nitrogens with zero attached hydrogens (tertiary/aromatic N) is 1. The van der Waals surface area contributed by atoms with Crippen LogP contribution in [0.4, 0.5) is 5.69 Å². The first-order chi connectivity index (χ1) is 11.8. The highest BCUT2D eigenvalue weighted by Gasteiger charge is 2.15. The van der Waals surface area contributed by atoms with Crippen LogP contribution in [0.2, 0.25) is 0 Å². The number of aromatic nitrogens is 1. The number of thiazole rings is 1. The number of hydrogen-bond donors (Lipinski definition) is 2. The number of para-hydroxylation sites is 2. The molecule has 144 valence electrons. The molecule has 0 bridgehead atoms. The summed E-state index contributed by atoms with van der Waals surface area (Å²) in [7, 11) is 0. The Bertz CT molecular complexity index is 650. The van der Waals surface area contributed by atoms with Gasteiger partial charge in [0.2, 0.25) is 5.91 Å². The van der Waals surface area contributed by atoms with Crippen molar-refractivity contribution in [1.29, 1.82) is 0 Å². The average molecular weight is 418 g/mol. The smallest absolute Gasteiger partial charge is 0.224 e. The van der Waals surface area contributed by atoms with Gasteiger partial charge in [-0.25, -0.2) is 4.98 Å². The molecule has 0 spiro atoms. The van der Waals surface area contributed by atoms with Gasteiger partial charge in [0.15, 0.2) is 0 Å². The second kappa shape index (κ2) is 12.1. The van der Waals surface area contributed by atoms with Gasteiger partial charge < -0.3 is 15.4 Å². The van der Waals surface area contributed by atoms with Crippen LogP contribution < -0.4 is 15.4 Å². The highest BCUT2D eigenvalue weighted by atomic mass is 35.5. The average Bonchev–Trinajstić information content (AvgIpc) is 3.14. The minimum absolute atomic E-state index is 0. The molecule has 2 N–H and O–H groups in total. The standard InChI is InChI=1S/C18H23N3O2S.2ClH/c22-18(6-5-14-7-9-19-10-8-14)21-16-3-1-2-4-17(16)23-11-15-12-24-13-20-15;;/h1-4,12-14,19H,5-11H2,(H,21,22);2*1H. The number of carbonyl (C=O) groups is 1. The van der Waals surface area contributed by atoms with Crippen LogP contribution in [-0.2, 0) is 11.4 Å². The van der Waals surface area contributed by atoms with Gasteiger partial charge in [-0.2, -0.15) is 0 Å². The normalized spacial score (nSPS) is 14.0. The first kappa shape index (κ1) is 22.7. The number of ether oxygens (including phenoxy) is 1. The highest BCUT2D eigenvalue weighted by Crippen LogP contribution is 2.25.